The Kier molecular flexibility index (Phi) is 4.22. The van der Waals surface area contributed by atoms with Gasteiger partial charge in [-0.2, -0.15) is 0 Å². The number of benzene rings is 1. The first-order valence-corrected chi connectivity index (χ1v) is 7.61. The molecule has 9 nitrogen and oxygen atoms in total. The lowest BCUT2D eigenvalue weighted by Gasteiger charge is -2.17. The molecular weight excluding hydrogens is 312 g/mol. The van der Waals surface area contributed by atoms with Gasteiger partial charge in [0.1, 0.15) is 0 Å². The third-order valence-electron chi connectivity index (χ3n) is 2.59. The lowest BCUT2D eigenvalue weighted by molar-refractivity contribution is -0.118. The average molecular weight is 324 g/mol. The number of carbonyl (C=O) groups excluding carboxylic acids is 3. The quantitative estimate of drug-likeness (QED) is 0.721. The van der Waals surface area contributed by atoms with Crippen molar-refractivity contribution in [1.82, 2.24) is 5.32 Å². The molecule has 0 bridgehead atoms. The van der Waals surface area contributed by atoms with Crippen LogP contribution >= 0.6 is 0 Å². The maximum atomic E-state index is 12.1. The Balaban J connectivity index is 2.22. The minimum Gasteiger partial charge on any atom is -0.326 e. The van der Waals surface area contributed by atoms with E-state index in [1.54, 1.807) is 11.4 Å². The summed E-state index contributed by atoms with van der Waals surface area (Å²) in [6.45, 7) is 1.32. The summed E-state index contributed by atoms with van der Waals surface area (Å²) in [5, 5.41) is 2.69. The van der Waals surface area contributed by atoms with Crippen LogP contribution in [-0.4, -0.2) is 37.7 Å². The molecule has 1 aromatic rings. The fourth-order valence-corrected chi connectivity index (χ4v) is 2.87. The molecule has 0 spiro atoms. The molecule has 4 amide bonds. The second kappa shape index (κ2) is 5.93. The first-order chi connectivity index (χ1) is 10.3. The van der Waals surface area contributed by atoms with E-state index in [4.69, 9.17) is 0 Å². The van der Waals surface area contributed by atoms with Gasteiger partial charge in [0.2, 0.25) is 15.9 Å². The summed E-state index contributed by atoms with van der Waals surface area (Å²) in [4.78, 5) is 36.7. The van der Waals surface area contributed by atoms with Crippen molar-refractivity contribution in [2.75, 3.05) is 10.0 Å². The van der Waals surface area contributed by atoms with Gasteiger partial charge in [-0.15, -0.1) is 0 Å². The van der Waals surface area contributed by atoms with Crippen LogP contribution in [-0.2, 0) is 19.6 Å². The molecule has 1 aliphatic heterocycles. The Labute approximate surface area is 125 Å². The number of imide groups is 1. The highest BCUT2D eigenvalue weighted by molar-refractivity contribution is 7.94. The zero-order valence-corrected chi connectivity index (χ0v) is 12.2. The molecule has 116 valence electrons. The van der Waals surface area contributed by atoms with Crippen molar-refractivity contribution in [2.24, 2.45) is 4.99 Å². The molecule has 1 unspecified atom stereocenters. The third-order valence-corrected chi connectivity index (χ3v) is 4.12. The predicted molar refractivity (Wildman–Crippen MR) is 79.1 cm³/mol. The molecule has 0 saturated carbocycles. The number of sulfonamides is 1. The molecule has 22 heavy (non-hydrogen) atoms. The second-order valence-corrected chi connectivity index (χ2v) is 6.20. The van der Waals surface area contributed by atoms with E-state index < -0.39 is 27.2 Å². The highest BCUT2D eigenvalue weighted by atomic mass is 32.2. The number of nitrogens with zero attached hydrogens (tertiary/aromatic N) is 1. The van der Waals surface area contributed by atoms with E-state index in [-0.39, 0.29) is 11.6 Å². The topological polar surface area (TPSA) is 134 Å². The summed E-state index contributed by atoms with van der Waals surface area (Å²) in [6, 6.07) is 5.03. The molecule has 0 fully saturated rings. The lowest BCUT2D eigenvalue weighted by atomic mass is 10.3. The van der Waals surface area contributed by atoms with Gasteiger partial charge in [-0.25, -0.2) is 18.2 Å². The Morgan fingerprint density at radius 3 is 2.59 bits per heavy atom. The summed E-state index contributed by atoms with van der Waals surface area (Å²) >= 11 is 0. The van der Waals surface area contributed by atoms with Crippen molar-refractivity contribution in [3.05, 3.63) is 24.3 Å². The Morgan fingerprint density at radius 2 is 1.95 bits per heavy atom. The van der Waals surface area contributed by atoms with Gasteiger partial charge in [-0.1, -0.05) is 6.07 Å². The van der Waals surface area contributed by atoms with E-state index in [9.17, 15) is 22.8 Å². The number of carbonyl (C=O) groups is 3. The summed E-state index contributed by atoms with van der Waals surface area (Å²) in [6.07, 6.45) is 0.765. The van der Waals surface area contributed by atoms with Crippen molar-refractivity contribution in [3.8, 4) is 0 Å². The number of urea groups is 1. The van der Waals surface area contributed by atoms with Crippen LogP contribution in [0.4, 0.5) is 16.2 Å². The van der Waals surface area contributed by atoms with Crippen LogP contribution in [0.25, 0.3) is 0 Å². The summed E-state index contributed by atoms with van der Waals surface area (Å²) in [7, 11) is -4.13. The van der Waals surface area contributed by atoms with Crippen LogP contribution in [0.15, 0.2) is 29.3 Å². The molecule has 2 rings (SSSR count). The molecule has 0 aliphatic carbocycles. The standard InChI is InChI=1S/C12H12N4O5S/c1-7(17)14-8-3-2-4-9(5-8)16-22(20,21)10-6-13-12(19)15-11(10)18/h2-6,10,16H,1H3,(H,14,17)(H,15,18,19). The normalized spacial score (nSPS) is 17.8. The van der Waals surface area contributed by atoms with E-state index >= 15 is 0 Å². The molecule has 1 heterocycles. The number of nitrogens with one attached hydrogen (secondary N) is 3. The van der Waals surface area contributed by atoms with E-state index in [2.05, 4.69) is 15.0 Å². The minimum absolute atomic E-state index is 0.157. The number of hydrogen-bond donors (Lipinski definition) is 3. The minimum atomic E-state index is -4.13. The summed E-state index contributed by atoms with van der Waals surface area (Å²) in [5.41, 5.74) is 0.550. The van der Waals surface area contributed by atoms with Crippen LogP contribution in [0, 0.1) is 0 Å². The van der Waals surface area contributed by atoms with Crippen molar-refractivity contribution in [1.29, 1.82) is 0 Å². The van der Waals surface area contributed by atoms with E-state index in [1.165, 1.54) is 25.1 Å². The largest absolute Gasteiger partial charge is 0.347 e. The van der Waals surface area contributed by atoms with Crippen LogP contribution in [0.1, 0.15) is 6.92 Å². The molecule has 3 N–H and O–H groups in total. The lowest BCUT2D eigenvalue weighted by Crippen LogP contribution is -2.48. The van der Waals surface area contributed by atoms with Gasteiger partial charge in [0, 0.05) is 18.8 Å². The molecule has 10 heteroatoms. The SMILES string of the molecule is CC(=O)Nc1cccc(NS(=O)(=O)C2C=NC(=O)NC2=O)c1. The number of hydrogen-bond acceptors (Lipinski definition) is 5. The summed E-state index contributed by atoms with van der Waals surface area (Å²) in [5.74, 6) is -1.29. The van der Waals surface area contributed by atoms with Gasteiger partial charge in [0.05, 0.1) is 5.69 Å². The second-order valence-electron chi connectivity index (χ2n) is 4.40. The maximum absolute atomic E-state index is 12.1. The van der Waals surface area contributed by atoms with Gasteiger partial charge >= 0.3 is 6.03 Å². The molecule has 0 radical (unpaired) electrons. The van der Waals surface area contributed by atoms with E-state index in [0.717, 1.165) is 6.21 Å². The van der Waals surface area contributed by atoms with Crippen molar-refractivity contribution >= 4 is 45.5 Å². The van der Waals surface area contributed by atoms with Gasteiger partial charge in [-0.3, -0.25) is 19.6 Å². The molecule has 0 saturated heterocycles. The smallest absolute Gasteiger partial charge is 0.326 e. The van der Waals surface area contributed by atoms with Crippen LogP contribution in [0.2, 0.25) is 0 Å². The number of aliphatic imine (C=N–C) groups is 1. The zero-order valence-electron chi connectivity index (χ0n) is 11.4. The molecule has 1 aliphatic rings. The van der Waals surface area contributed by atoms with Crippen molar-refractivity contribution in [3.63, 3.8) is 0 Å². The van der Waals surface area contributed by atoms with Crippen LogP contribution < -0.4 is 15.4 Å². The number of anilines is 2. The molecule has 0 aromatic heterocycles. The Hall–Kier alpha value is -2.75. The predicted octanol–water partition coefficient (Wildman–Crippen LogP) is 0.0759. The molecule has 1 atom stereocenters. The highest BCUT2D eigenvalue weighted by Crippen LogP contribution is 2.18. The highest BCUT2D eigenvalue weighted by Gasteiger charge is 2.35. The zero-order chi connectivity index (χ0) is 16.3. The van der Waals surface area contributed by atoms with Gasteiger partial charge < -0.3 is 5.32 Å². The van der Waals surface area contributed by atoms with E-state index in [1.807, 2.05) is 0 Å². The molecular formula is C12H12N4O5S. The monoisotopic (exact) mass is 324 g/mol. The maximum Gasteiger partial charge on any atom is 0.347 e. The third kappa shape index (κ3) is 3.67. The Morgan fingerprint density at radius 1 is 1.27 bits per heavy atom. The first kappa shape index (κ1) is 15.6. The van der Waals surface area contributed by atoms with Gasteiger partial charge in [0.15, 0.2) is 5.25 Å². The van der Waals surface area contributed by atoms with Gasteiger partial charge in [-0.05, 0) is 18.2 Å². The summed E-state index contributed by atoms with van der Waals surface area (Å²) < 4.78 is 26.5. The van der Waals surface area contributed by atoms with Crippen LogP contribution in [0.3, 0.4) is 0 Å². The fourth-order valence-electron chi connectivity index (χ4n) is 1.72. The molecule has 1 aromatic carbocycles. The Bertz CT molecular complexity index is 771. The van der Waals surface area contributed by atoms with Crippen molar-refractivity contribution < 1.29 is 22.8 Å². The van der Waals surface area contributed by atoms with Gasteiger partial charge in [0.25, 0.3) is 5.91 Å². The van der Waals surface area contributed by atoms with E-state index in [0.29, 0.717) is 5.69 Å². The first-order valence-electron chi connectivity index (χ1n) is 6.06. The number of rotatable bonds is 4. The fraction of sp³-hybridized carbons (Fsp3) is 0.167. The van der Waals surface area contributed by atoms with Crippen molar-refractivity contribution in [2.45, 2.75) is 12.2 Å². The van der Waals surface area contributed by atoms with Crippen LogP contribution in [0.5, 0.6) is 0 Å². The average Bonchev–Trinajstić information content (AvgIpc) is 2.36. The number of amides is 4.